The molecule has 1 aromatic heterocycles. The smallest absolute Gasteiger partial charge is 0.410 e. The number of rotatable bonds is 7. The van der Waals surface area contributed by atoms with Crippen molar-refractivity contribution in [3.05, 3.63) is 11.6 Å². The number of nitrogens with two attached hydrogens (primary N) is 1. The molecule has 1 unspecified atom stereocenters. The quantitative estimate of drug-likeness (QED) is 0.316. The van der Waals surface area contributed by atoms with Crippen molar-refractivity contribution in [2.45, 2.75) is 52.8 Å². The molecule has 2 N–H and O–H groups in total. The molecule has 0 saturated carbocycles. The van der Waals surface area contributed by atoms with Crippen LogP contribution >= 0.6 is 33.9 Å². The van der Waals surface area contributed by atoms with E-state index in [9.17, 15) is 21.6 Å². The maximum atomic E-state index is 12.7. The van der Waals surface area contributed by atoms with Crippen LogP contribution in [0.15, 0.2) is 14.5 Å². The van der Waals surface area contributed by atoms with Gasteiger partial charge < -0.3 is 9.64 Å². The van der Waals surface area contributed by atoms with E-state index in [0.717, 1.165) is 17.3 Å². The molecule has 0 saturated heterocycles. The number of fused-ring (bicyclic) bond motifs is 1. The molecule has 0 fully saturated rings. The lowest BCUT2D eigenvalue weighted by atomic mass is 10.0. The summed E-state index contributed by atoms with van der Waals surface area (Å²) in [6, 6.07) is 0.697. The topological polar surface area (TPSA) is 124 Å². The van der Waals surface area contributed by atoms with Crippen molar-refractivity contribution in [3.8, 4) is 0 Å². The Balaban J connectivity index is 2.39. The Morgan fingerprint density at radius 1 is 1.44 bits per heavy atom. The molecular weight excluding hydrogens is 527 g/mol. The molecule has 1 aliphatic rings. The largest absolute Gasteiger partial charge is 0.449 e. The summed E-state index contributed by atoms with van der Waals surface area (Å²) in [6.07, 6.45) is 1.33. The summed E-state index contributed by atoms with van der Waals surface area (Å²) in [5.74, 6) is 0. The van der Waals surface area contributed by atoms with Crippen molar-refractivity contribution >= 4 is 59.9 Å². The SMILES string of the molecule is CCN(C(=O)OCCCCI)[C@H]1CC(C)S(=O)(=O)c2sc(S(N)(=O)=O)cc21. The van der Waals surface area contributed by atoms with Crippen LogP contribution in [0.5, 0.6) is 0 Å². The first-order chi connectivity index (χ1) is 12.5. The Bertz CT molecular complexity index is 897. The molecule has 154 valence electrons. The van der Waals surface area contributed by atoms with Gasteiger partial charge in [-0.25, -0.2) is 26.8 Å². The highest BCUT2D eigenvalue weighted by atomic mass is 127. The van der Waals surface area contributed by atoms with E-state index in [1.807, 2.05) is 0 Å². The third-order valence-electron chi connectivity index (χ3n) is 4.39. The predicted octanol–water partition coefficient (Wildman–Crippen LogP) is 2.68. The second kappa shape index (κ2) is 8.93. The molecule has 27 heavy (non-hydrogen) atoms. The summed E-state index contributed by atoms with van der Waals surface area (Å²) in [5.41, 5.74) is 0.299. The van der Waals surface area contributed by atoms with Gasteiger partial charge in [0.2, 0.25) is 10.0 Å². The molecule has 8 nitrogen and oxygen atoms in total. The van der Waals surface area contributed by atoms with E-state index in [-0.39, 0.29) is 21.4 Å². The van der Waals surface area contributed by atoms with E-state index in [2.05, 4.69) is 22.6 Å². The number of hydrogen-bond donors (Lipinski definition) is 1. The molecule has 1 aromatic rings. The number of primary sulfonamides is 1. The summed E-state index contributed by atoms with van der Waals surface area (Å²) in [7, 11) is -7.71. The maximum Gasteiger partial charge on any atom is 0.410 e. The first kappa shape index (κ1) is 22.8. The van der Waals surface area contributed by atoms with Crippen LogP contribution in [0.25, 0.3) is 0 Å². The fraction of sp³-hybridized carbons (Fsp3) is 0.667. The average Bonchev–Trinajstić information content (AvgIpc) is 3.04. The van der Waals surface area contributed by atoms with Crippen molar-refractivity contribution in [3.63, 3.8) is 0 Å². The maximum absolute atomic E-state index is 12.7. The van der Waals surface area contributed by atoms with Crippen molar-refractivity contribution in [2.75, 3.05) is 17.6 Å². The lowest BCUT2D eigenvalue weighted by molar-refractivity contribution is 0.0840. The molecule has 0 radical (unpaired) electrons. The van der Waals surface area contributed by atoms with Gasteiger partial charge in [-0.1, -0.05) is 22.6 Å². The number of carbonyl (C=O) groups is 1. The molecule has 0 aromatic carbocycles. The molecule has 2 atom stereocenters. The van der Waals surface area contributed by atoms with E-state index >= 15 is 0 Å². The van der Waals surface area contributed by atoms with Gasteiger partial charge in [-0.05, 0) is 43.6 Å². The van der Waals surface area contributed by atoms with Gasteiger partial charge in [-0.3, -0.25) is 0 Å². The summed E-state index contributed by atoms with van der Waals surface area (Å²) < 4.78 is 54.8. The molecule has 0 spiro atoms. The number of alkyl halides is 1. The molecule has 12 heteroatoms. The highest BCUT2D eigenvalue weighted by Gasteiger charge is 2.42. The Morgan fingerprint density at radius 2 is 2.11 bits per heavy atom. The number of amides is 1. The fourth-order valence-corrected chi connectivity index (χ4v) is 7.86. The molecule has 0 aliphatic carbocycles. The van der Waals surface area contributed by atoms with Crippen molar-refractivity contribution in [2.24, 2.45) is 5.14 Å². The van der Waals surface area contributed by atoms with Gasteiger partial charge in [0.15, 0.2) is 9.84 Å². The molecule has 2 heterocycles. The molecule has 0 bridgehead atoms. The number of carbonyl (C=O) groups excluding carboxylic acids is 1. The number of hydrogen-bond acceptors (Lipinski definition) is 7. The van der Waals surface area contributed by atoms with E-state index in [4.69, 9.17) is 9.88 Å². The monoisotopic (exact) mass is 550 g/mol. The van der Waals surface area contributed by atoms with Crippen LogP contribution in [0.1, 0.15) is 44.7 Å². The standard InChI is InChI=1S/C15H23IN2O6S3/c1-3-18(15(19)24-7-5-4-6-16)12-8-10(2)26(20,21)14-11(12)9-13(25-14)27(17,22)23/h9-10,12H,3-8H2,1-2H3,(H2,17,22,23)/t10?,12-/m0/s1. The fourth-order valence-electron chi connectivity index (χ4n) is 2.92. The van der Waals surface area contributed by atoms with Crippen LogP contribution < -0.4 is 5.14 Å². The number of unbranched alkanes of at least 4 members (excludes halogenated alkanes) is 1. The van der Waals surface area contributed by atoms with Crippen LogP contribution in [-0.4, -0.2) is 50.7 Å². The Kier molecular flexibility index (Phi) is 7.55. The van der Waals surface area contributed by atoms with Crippen molar-refractivity contribution in [1.82, 2.24) is 4.90 Å². The van der Waals surface area contributed by atoms with Gasteiger partial charge in [0.1, 0.15) is 8.42 Å². The zero-order chi connectivity index (χ0) is 20.4. The Morgan fingerprint density at radius 3 is 2.67 bits per heavy atom. The third-order valence-corrected chi connectivity index (χ3v) is 10.5. The highest BCUT2D eigenvalue weighted by molar-refractivity contribution is 14.1. The van der Waals surface area contributed by atoms with Gasteiger partial charge in [-0.2, -0.15) is 0 Å². The normalized spacial score (nSPS) is 21.5. The molecule has 1 amide bonds. The Labute approximate surface area is 177 Å². The summed E-state index contributed by atoms with van der Waals surface area (Å²) in [5, 5.41) is 4.43. The first-order valence-corrected chi connectivity index (χ1v) is 13.9. The second-order valence-electron chi connectivity index (χ2n) is 6.26. The average molecular weight is 550 g/mol. The minimum Gasteiger partial charge on any atom is -0.449 e. The van der Waals surface area contributed by atoms with Crippen LogP contribution in [0.2, 0.25) is 0 Å². The minimum absolute atomic E-state index is 0.0357. The summed E-state index contributed by atoms with van der Waals surface area (Å²) in [4.78, 5) is 14.0. The lowest BCUT2D eigenvalue weighted by Gasteiger charge is -2.35. The van der Waals surface area contributed by atoms with Crippen LogP contribution in [0, 0.1) is 0 Å². The van der Waals surface area contributed by atoms with Gasteiger partial charge in [0.25, 0.3) is 0 Å². The van der Waals surface area contributed by atoms with Crippen LogP contribution in [0.3, 0.4) is 0 Å². The van der Waals surface area contributed by atoms with Crippen LogP contribution in [-0.2, 0) is 24.6 Å². The van der Waals surface area contributed by atoms with Crippen molar-refractivity contribution in [1.29, 1.82) is 0 Å². The van der Waals surface area contributed by atoms with E-state index < -0.39 is 37.2 Å². The van der Waals surface area contributed by atoms with Gasteiger partial charge in [-0.15, -0.1) is 11.3 Å². The van der Waals surface area contributed by atoms with Gasteiger partial charge >= 0.3 is 6.09 Å². The summed E-state index contributed by atoms with van der Waals surface area (Å²) >= 11 is 2.89. The predicted molar refractivity (Wildman–Crippen MR) is 112 cm³/mol. The lowest BCUT2D eigenvalue weighted by Crippen LogP contribution is -2.40. The highest BCUT2D eigenvalue weighted by Crippen LogP contribution is 2.45. The van der Waals surface area contributed by atoms with Gasteiger partial charge in [0, 0.05) is 12.1 Å². The molecule has 1 aliphatic heterocycles. The van der Waals surface area contributed by atoms with Crippen LogP contribution in [0.4, 0.5) is 4.79 Å². The number of nitrogens with zero attached hydrogens (tertiary/aromatic N) is 1. The number of halogens is 1. The second-order valence-corrected chi connectivity index (χ2v) is 12.7. The number of sulfone groups is 1. The number of thiophene rings is 1. The zero-order valence-electron chi connectivity index (χ0n) is 15.1. The number of ether oxygens (including phenoxy) is 1. The van der Waals surface area contributed by atoms with E-state index in [0.29, 0.717) is 23.4 Å². The molecule has 2 rings (SSSR count). The third kappa shape index (κ3) is 4.95. The van der Waals surface area contributed by atoms with E-state index in [1.165, 1.54) is 11.0 Å². The Hall–Kier alpha value is -0.440. The summed E-state index contributed by atoms with van der Waals surface area (Å²) in [6.45, 7) is 3.92. The first-order valence-electron chi connectivity index (χ1n) is 8.43. The molecular formula is C15H23IN2O6S3. The number of sulfonamides is 1. The zero-order valence-corrected chi connectivity index (χ0v) is 19.7. The van der Waals surface area contributed by atoms with E-state index in [1.54, 1.807) is 13.8 Å². The van der Waals surface area contributed by atoms with Crippen molar-refractivity contribution < 1.29 is 26.4 Å². The minimum atomic E-state index is -4.04. The van der Waals surface area contributed by atoms with Gasteiger partial charge in [0.05, 0.1) is 17.9 Å².